The average molecular weight is 257 g/mol. The fourth-order valence-corrected chi connectivity index (χ4v) is 2.43. The van der Waals surface area contributed by atoms with E-state index in [0.29, 0.717) is 5.69 Å². The molecular formula is C12H11N5S. The molecule has 0 aliphatic rings. The van der Waals surface area contributed by atoms with Crippen molar-refractivity contribution < 1.29 is 0 Å². The molecule has 6 heteroatoms. The summed E-state index contributed by atoms with van der Waals surface area (Å²) in [6.45, 7) is 1.96. The largest absolute Gasteiger partial charge is 0.397 e. The lowest BCUT2D eigenvalue weighted by Gasteiger charge is -2.03. The van der Waals surface area contributed by atoms with Crippen LogP contribution in [-0.2, 0) is 0 Å². The number of hydrogen-bond acceptors (Lipinski definition) is 5. The topological polar surface area (TPSA) is 69.1 Å². The van der Waals surface area contributed by atoms with E-state index in [9.17, 15) is 0 Å². The minimum absolute atomic E-state index is 0.660. The third-order valence-electron chi connectivity index (χ3n) is 2.49. The summed E-state index contributed by atoms with van der Waals surface area (Å²) in [6.07, 6.45) is 3.71. The zero-order valence-electron chi connectivity index (χ0n) is 9.74. The summed E-state index contributed by atoms with van der Waals surface area (Å²) in [5.74, 6) is 0. The fourth-order valence-electron chi connectivity index (χ4n) is 1.64. The van der Waals surface area contributed by atoms with E-state index < -0.39 is 0 Å². The molecule has 0 fully saturated rings. The van der Waals surface area contributed by atoms with Crippen LogP contribution in [0.25, 0.3) is 5.65 Å². The lowest BCUT2D eigenvalue weighted by atomic mass is 10.3. The van der Waals surface area contributed by atoms with E-state index in [-0.39, 0.29) is 0 Å². The summed E-state index contributed by atoms with van der Waals surface area (Å²) < 4.78 is 1.91. The third-order valence-corrected chi connectivity index (χ3v) is 3.48. The van der Waals surface area contributed by atoms with Gasteiger partial charge in [-0.1, -0.05) is 6.07 Å². The molecule has 18 heavy (non-hydrogen) atoms. The Morgan fingerprint density at radius 1 is 1.28 bits per heavy atom. The van der Waals surface area contributed by atoms with Gasteiger partial charge >= 0.3 is 0 Å². The number of hydrogen-bond donors (Lipinski definition) is 1. The number of rotatable bonds is 2. The van der Waals surface area contributed by atoms with Crippen LogP contribution in [0.15, 0.2) is 46.8 Å². The first-order valence-electron chi connectivity index (χ1n) is 5.44. The zero-order chi connectivity index (χ0) is 12.5. The summed E-state index contributed by atoms with van der Waals surface area (Å²) in [7, 11) is 0. The van der Waals surface area contributed by atoms with Crippen LogP contribution in [0.4, 0.5) is 5.69 Å². The van der Waals surface area contributed by atoms with Crippen molar-refractivity contribution in [1.29, 1.82) is 0 Å². The van der Waals surface area contributed by atoms with E-state index in [1.807, 2.05) is 41.8 Å². The van der Waals surface area contributed by atoms with Crippen molar-refractivity contribution in [2.45, 2.75) is 17.1 Å². The van der Waals surface area contributed by atoms with Crippen LogP contribution in [0, 0.1) is 6.92 Å². The number of nitrogens with zero attached hydrogens (tertiary/aromatic N) is 4. The molecule has 0 aliphatic carbocycles. The molecule has 0 bridgehead atoms. The van der Waals surface area contributed by atoms with Crippen molar-refractivity contribution in [3.8, 4) is 0 Å². The first-order chi connectivity index (χ1) is 8.74. The molecule has 0 atom stereocenters. The van der Waals surface area contributed by atoms with Crippen molar-refractivity contribution >= 4 is 23.1 Å². The van der Waals surface area contributed by atoms with E-state index in [0.717, 1.165) is 21.4 Å². The molecule has 0 unspecified atom stereocenters. The quantitative estimate of drug-likeness (QED) is 0.762. The summed E-state index contributed by atoms with van der Waals surface area (Å²) in [6, 6.07) is 7.67. The van der Waals surface area contributed by atoms with Crippen LogP contribution in [0.5, 0.6) is 0 Å². The molecule has 3 aromatic heterocycles. The molecule has 2 N–H and O–H groups in total. The van der Waals surface area contributed by atoms with Crippen molar-refractivity contribution in [3.63, 3.8) is 0 Å². The van der Waals surface area contributed by atoms with Crippen LogP contribution in [-0.4, -0.2) is 19.6 Å². The van der Waals surface area contributed by atoms with Crippen LogP contribution in [0.2, 0.25) is 0 Å². The van der Waals surface area contributed by atoms with Gasteiger partial charge < -0.3 is 5.73 Å². The predicted molar refractivity (Wildman–Crippen MR) is 70.5 cm³/mol. The first kappa shape index (κ1) is 11.0. The predicted octanol–water partition coefficient (Wildman–Crippen LogP) is 2.17. The highest BCUT2D eigenvalue weighted by molar-refractivity contribution is 7.99. The molecule has 0 aromatic carbocycles. The van der Waals surface area contributed by atoms with E-state index in [1.165, 1.54) is 11.8 Å². The van der Waals surface area contributed by atoms with Gasteiger partial charge in [-0.2, -0.15) is 0 Å². The Balaban J connectivity index is 2.01. The Bertz CT molecular complexity index is 707. The van der Waals surface area contributed by atoms with Gasteiger partial charge in [0.05, 0.1) is 5.69 Å². The van der Waals surface area contributed by atoms with Crippen LogP contribution in [0.1, 0.15) is 5.56 Å². The number of anilines is 1. The minimum atomic E-state index is 0.660. The standard InChI is InChI=1S/C12H11N5S/c1-8-6-9(13)11(14-7-8)18-12-16-15-10-4-2-3-5-17(10)12/h2-7H,13H2,1H3. The Hall–Kier alpha value is -2.08. The molecule has 0 saturated heterocycles. The fraction of sp³-hybridized carbons (Fsp3) is 0.0833. The Labute approximate surface area is 108 Å². The SMILES string of the molecule is Cc1cnc(Sc2nnc3ccccn23)c(N)c1. The lowest BCUT2D eigenvalue weighted by molar-refractivity contribution is 0.917. The highest BCUT2D eigenvalue weighted by Crippen LogP contribution is 2.29. The van der Waals surface area contributed by atoms with Crippen molar-refractivity contribution in [3.05, 3.63) is 42.2 Å². The third kappa shape index (κ3) is 1.91. The van der Waals surface area contributed by atoms with Crippen molar-refractivity contribution in [1.82, 2.24) is 19.6 Å². The monoisotopic (exact) mass is 257 g/mol. The molecule has 5 nitrogen and oxygen atoms in total. The molecule has 3 heterocycles. The number of nitrogen functional groups attached to an aromatic ring is 1. The summed E-state index contributed by atoms with van der Waals surface area (Å²) >= 11 is 1.41. The van der Waals surface area contributed by atoms with Gasteiger partial charge in [-0.15, -0.1) is 10.2 Å². The van der Waals surface area contributed by atoms with E-state index in [1.54, 1.807) is 6.20 Å². The molecular weight excluding hydrogens is 246 g/mol. The second-order valence-electron chi connectivity index (χ2n) is 3.92. The molecule has 3 rings (SSSR count). The second-order valence-corrected chi connectivity index (χ2v) is 4.88. The maximum atomic E-state index is 5.94. The van der Waals surface area contributed by atoms with Crippen LogP contribution >= 0.6 is 11.8 Å². The van der Waals surface area contributed by atoms with Gasteiger partial charge in [-0.3, -0.25) is 4.40 Å². The lowest BCUT2D eigenvalue weighted by Crippen LogP contribution is -1.94. The molecule has 0 radical (unpaired) electrons. The Morgan fingerprint density at radius 2 is 2.17 bits per heavy atom. The summed E-state index contributed by atoms with van der Waals surface area (Å²) in [5, 5.41) is 9.73. The van der Waals surface area contributed by atoms with Crippen molar-refractivity contribution in [2.24, 2.45) is 0 Å². The van der Waals surface area contributed by atoms with Gasteiger partial charge in [0, 0.05) is 12.4 Å². The molecule has 0 amide bonds. The first-order valence-corrected chi connectivity index (χ1v) is 6.25. The molecule has 0 saturated carbocycles. The van der Waals surface area contributed by atoms with Gasteiger partial charge in [0.15, 0.2) is 5.65 Å². The normalized spacial score (nSPS) is 10.9. The van der Waals surface area contributed by atoms with Gasteiger partial charge in [-0.05, 0) is 42.4 Å². The van der Waals surface area contributed by atoms with Gasteiger partial charge in [0.2, 0.25) is 5.16 Å². The van der Waals surface area contributed by atoms with Crippen LogP contribution < -0.4 is 5.73 Å². The number of fused-ring (bicyclic) bond motifs is 1. The van der Waals surface area contributed by atoms with Gasteiger partial charge in [-0.25, -0.2) is 4.98 Å². The van der Waals surface area contributed by atoms with Crippen molar-refractivity contribution in [2.75, 3.05) is 5.73 Å². The zero-order valence-corrected chi connectivity index (χ0v) is 10.6. The van der Waals surface area contributed by atoms with Gasteiger partial charge in [0.1, 0.15) is 5.03 Å². The van der Waals surface area contributed by atoms with Gasteiger partial charge in [0.25, 0.3) is 0 Å². The summed E-state index contributed by atoms with van der Waals surface area (Å²) in [5.41, 5.74) is 8.46. The highest BCUT2D eigenvalue weighted by atomic mass is 32.2. The van der Waals surface area contributed by atoms with E-state index in [4.69, 9.17) is 5.73 Å². The second kappa shape index (κ2) is 4.30. The number of nitrogens with two attached hydrogens (primary N) is 1. The molecule has 90 valence electrons. The maximum absolute atomic E-state index is 5.94. The number of aromatic nitrogens is 4. The Kier molecular flexibility index (Phi) is 2.64. The molecule has 3 aromatic rings. The summed E-state index contributed by atoms with van der Waals surface area (Å²) in [4.78, 5) is 4.32. The maximum Gasteiger partial charge on any atom is 0.201 e. The molecule has 0 aliphatic heterocycles. The number of pyridine rings is 2. The van der Waals surface area contributed by atoms with Crippen LogP contribution in [0.3, 0.4) is 0 Å². The number of aryl methyl sites for hydroxylation is 1. The van der Waals surface area contributed by atoms with E-state index in [2.05, 4.69) is 15.2 Å². The minimum Gasteiger partial charge on any atom is -0.397 e. The smallest absolute Gasteiger partial charge is 0.201 e. The highest BCUT2D eigenvalue weighted by Gasteiger charge is 2.09. The molecule has 0 spiro atoms. The average Bonchev–Trinajstić information content (AvgIpc) is 2.76. The Morgan fingerprint density at radius 3 is 3.00 bits per heavy atom. The van der Waals surface area contributed by atoms with E-state index >= 15 is 0 Å².